The van der Waals surface area contributed by atoms with Crippen LogP contribution >= 0.6 is 11.3 Å². The summed E-state index contributed by atoms with van der Waals surface area (Å²) in [5.74, 6) is 0.184. The number of piperidine rings is 1. The average molecular weight is 476 g/mol. The molecule has 1 aliphatic rings. The van der Waals surface area contributed by atoms with Crippen molar-refractivity contribution in [2.24, 2.45) is 0 Å². The highest BCUT2D eigenvalue weighted by Crippen LogP contribution is 2.22. The van der Waals surface area contributed by atoms with Crippen LogP contribution in [0.25, 0.3) is 0 Å². The number of rotatable bonds is 6. The number of hydrogen-bond donors (Lipinski definition) is 4. The van der Waals surface area contributed by atoms with Gasteiger partial charge in [0.2, 0.25) is 0 Å². The molecule has 0 saturated carbocycles. The van der Waals surface area contributed by atoms with Crippen LogP contribution in [-0.2, 0) is 4.79 Å². The Morgan fingerprint density at radius 3 is 2.21 bits per heavy atom. The lowest BCUT2D eigenvalue weighted by Gasteiger charge is -2.29. The van der Waals surface area contributed by atoms with Gasteiger partial charge in [0.15, 0.2) is 0 Å². The van der Waals surface area contributed by atoms with Gasteiger partial charge in [-0.05, 0) is 74.0 Å². The number of nitrogens with one attached hydrogen (secondary N) is 4. The van der Waals surface area contributed by atoms with Crippen molar-refractivity contribution in [3.05, 3.63) is 82.0 Å². The minimum atomic E-state index is -0.836. The molecule has 0 aliphatic carbocycles. The first kappa shape index (κ1) is 23.5. The lowest BCUT2D eigenvalue weighted by atomic mass is 10.1. The van der Waals surface area contributed by atoms with Crippen molar-refractivity contribution in [3.63, 3.8) is 0 Å². The van der Waals surface area contributed by atoms with E-state index < -0.39 is 12.1 Å². The lowest BCUT2D eigenvalue weighted by Crippen LogP contribution is -2.39. The molecule has 8 heteroatoms. The van der Waals surface area contributed by atoms with Crippen LogP contribution in [0.1, 0.15) is 41.3 Å². The molecule has 176 valence electrons. The van der Waals surface area contributed by atoms with E-state index >= 15 is 0 Å². The predicted octanol–water partition coefficient (Wildman–Crippen LogP) is 5.37. The van der Waals surface area contributed by atoms with Crippen molar-refractivity contribution < 1.29 is 9.59 Å². The molecular formula is C26H29N5O2S. The maximum atomic E-state index is 13.1. The topological polar surface area (TPSA) is 97.3 Å². The molecule has 7 nitrogen and oxygen atoms in total. The SMILES string of the molecule is Cc1ccc(NC(=O)NC(C(=O)Nc2ccc(C(=N)N3CCCCC3)cc2)c2cccs2)cc1. The van der Waals surface area contributed by atoms with Crippen LogP contribution in [-0.4, -0.2) is 35.8 Å². The Balaban J connectivity index is 1.41. The van der Waals surface area contributed by atoms with Crippen molar-refractivity contribution in [3.8, 4) is 0 Å². The average Bonchev–Trinajstić information content (AvgIpc) is 3.39. The van der Waals surface area contributed by atoms with E-state index in [2.05, 4.69) is 20.9 Å². The number of carbonyl (C=O) groups excluding carboxylic acids is 2. The van der Waals surface area contributed by atoms with E-state index in [1.165, 1.54) is 17.8 Å². The third-order valence-electron chi connectivity index (χ3n) is 5.77. The molecule has 0 radical (unpaired) electrons. The second-order valence-corrected chi connectivity index (χ2v) is 9.36. The van der Waals surface area contributed by atoms with Crippen molar-refractivity contribution in [2.75, 3.05) is 23.7 Å². The number of thiophene rings is 1. The second-order valence-electron chi connectivity index (χ2n) is 8.38. The fourth-order valence-electron chi connectivity index (χ4n) is 3.88. The number of amidine groups is 1. The number of carbonyl (C=O) groups is 2. The van der Waals surface area contributed by atoms with Crippen LogP contribution < -0.4 is 16.0 Å². The zero-order valence-electron chi connectivity index (χ0n) is 19.1. The van der Waals surface area contributed by atoms with Crippen LogP contribution in [0.5, 0.6) is 0 Å². The Bertz CT molecular complexity index is 1120. The van der Waals surface area contributed by atoms with Gasteiger partial charge in [0.1, 0.15) is 11.9 Å². The van der Waals surface area contributed by atoms with Crippen molar-refractivity contribution in [1.82, 2.24) is 10.2 Å². The van der Waals surface area contributed by atoms with Crippen molar-refractivity contribution in [1.29, 1.82) is 5.41 Å². The van der Waals surface area contributed by atoms with Gasteiger partial charge in [-0.1, -0.05) is 23.8 Å². The Hall–Kier alpha value is -3.65. The molecular weight excluding hydrogens is 446 g/mol. The van der Waals surface area contributed by atoms with Gasteiger partial charge in [-0.15, -0.1) is 11.3 Å². The van der Waals surface area contributed by atoms with E-state index in [1.807, 2.05) is 60.8 Å². The summed E-state index contributed by atoms with van der Waals surface area (Å²) in [6.07, 6.45) is 3.45. The number of hydrogen-bond acceptors (Lipinski definition) is 4. The highest BCUT2D eigenvalue weighted by Gasteiger charge is 2.24. The summed E-state index contributed by atoms with van der Waals surface area (Å²) in [5, 5.41) is 18.8. The van der Waals surface area contributed by atoms with E-state index in [-0.39, 0.29) is 5.91 Å². The molecule has 0 bridgehead atoms. The third-order valence-corrected chi connectivity index (χ3v) is 6.71. The smallest absolute Gasteiger partial charge is 0.320 e. The lowest BCUT2D eigenvalue weighted by molar-refractivity contribution is -0.118. The van der Waals surface area contributed by atoms with Gasteiger partial charge in [0.25, 0.3) is 5.91 Å². The Kier molecular flexibility index (Phi) is 7.59. The zero-order chi connectivity index (χ0) is 23.9. The summed E-state index contributed by atoms with van der Waals surface area (Å²) in [5.41, 5.74) is 3.19. The van der Waals surface area contributed by atoms with E-state index in [1.54, 1.807) is 12.1 Å². The highest BCUT2D eigenvalue weighted by molar-refractivity contribution is 7.10. The van der Waals surface area contributed by atoms with Gasteiger partial charge in [0.05, 0.1) is 0 Å². The molecule has 1 unspecified atom stereocenters. The molecule has 4 N–H and O–H groups in total. The summed E-state index contributed by atoms with van der Waals surface area (Å²) in [7, 11) is 0. The Morgan fingerprint density at radius 1 is 0.912 bits per heavy atom. The Labute approximate surface area is 203 Å². The summed E-state index contributed by atoms with van der Waals surface area (Å²) >= 11 is 1.41. The van der Waals surface area contributed by atoms with Crippen LogP contribution in [0.2, 0.25) is 0 Å². The third kappa shape index (κ3) is 6.02. The number of nitrogens with zero attached hydrogens (tertiary/aromatic N) is 1. The van der Waals surface area contributed by atoms with Crippen LogP contribution in [0.3, 0.4) is 0 Å². The van der Waals surface area contributed by atoms with Crippen LogP contribution in [0, 0.1) is 12.3 Å². The number of likely N-dealkylation sites (tertiary alicyclic amines) is 1. The molecule has 1 fully saturated rings. The normalized spacial score (nSPS) is 14.2. The van der Waals surface area contributed by atoms with Gasteiger partial charge in [0, 0.05) is 34.9 Å². The summed E-state index contributed by atoms with van der Waals surface area (Å²) in [6, 6.07) is 17.1. The standard InChI is InChI=1S/C26H29N5O2S/c1-18-7-11-21(12-8-18)29-26(33)30-23(22-6-5-17-34-22)25(32)28-20-13-9-19(10-14-20)24(27)31-15-3-2-4-16-31/h5-14,17,23,27H,2-4,15-16H2,1H3,(H,28,32)(H2,29,30,33). The summed E-state index contributed by atoms with van der Waals surface area (Å²) in [4.78, 5) is 28.6. The van der Waals surface area contributed by atoms with E-state index in [0.717, 1.165) is 41.9 Å². The van der Waals surface area contributed by atoms with E-state index in [9.17, 15) is 9.59 Å². The fraction of sp³-hybridized carbons (Fsp3) is 0.269. The van der Waals surface area contributed by atoms with Gasteiger partial charge < -0.3 is 20.9 Å². The minimum Gasteiger partial charge on any atom is -0.357 e. The highest BCUT2D eigenvalue weighted by atomic mass is 32.1. The fourth-order valence-corrected chi connectivity index (χ4v) is 4.66. The molecule has 0 spiro atoms. The van der Waals surface area contributed by atoms with Crippen molar-refractivity contribution >= 4 is 40.5 Å². The quantitative estimate of drug-likeness (QED) is 0.285. The van der Waals surface area contributed by atoms with Gasteiger partial charge in [-0.25, -0.2) is 4.79 Å². The summed E-state index contributed by atoms with van der Waals surface area (Å²) in [6.45, 7) is 3.80. The largest absolute Gasteiger partial charge is 0.357 e. The maximum absolute atomic E-state index is 13.1. The van der Waals surface area contributed by atoms with Gasteiger partial charge >= 0.3 is 6.03 Å². The number of benzene rings is 2. The van der Waals surface area contributed by atoms with Crippen LogP contribution in [0.4, 0.5) is 16.2 Å². The van der Waals surface area contributed by atoms with Gasteiger partial charge in [-0.2, -0.15) is 0 Å². The van der Waals surface area contributed by atoms with Gasteiger partial charge in [-0.3, -0.25) is 10.2 Å². The first-order valence-electron chi connectivity index (χ1n) is 11.4. The number of aryl methyl sites for hydroxylation is 1. The first-order valence-corrected chi connectivity index (χ1v) is 12.3. The number of urea groups is 1. The van der Waals surface area contributed by atoms with Crippen molar-refractivity contribution in [2.45, 2.75) is 32.2 Å². The molecule has 1 aromatic heterocycles. The zero-order valence-corrected chi connectivity index (χ0v) is 20.0. The maximum Gasteiger partial charge on any atom is 0.320 e. The minimum absolute atomic E-state index is 0.333. The first-order chi connectivity index (χ1) is 16.5. The molecule has 1 aliphatic heterocycles. The molecule has 3 aromatic rings. The van der Waals surface area contributed by atoms with E-state index in [0.29, 0.717) is 17.2 Å². The molecule has 1 saturated heterocycles. The molecule has 3 amide bonds. The molecule has 2 heterocycles. The van der Waals surface area contributed by atoms with Crippen LogP contribution in [0.15, 0.2) is 66.0 Å². The number of anilines is 2. The Morgan fingerprint density at radius 2 is 1.56 bits per heavy atom. The van der Waals surface area contributed by atoms with E-state index in [4.69, 9.17) is 5.41 Å². The molecule has 34 heavy (non-hydrogen) atoms. The number of amides is 3. The molecule has 1 atom stereocenters. The predicted molar refractivity (Wildman–Crippen MR) is 138 cm³/mol. The summed E-state index contributed by atoms with van der Waals surface area (Å²) < 4.78 is 0. The molecule has 4 rings (SSSR count). The molecule has 2 aromatic carbocycles. The monoisotopic (exact) mass is 475 g/mol. The second kappa shape index (κ2) is 11.0.